The number of carbonyl (C=O) groups excluding carboxylic acids is 1. The standard InChI is InChI=1S/C35H30N4O4/c1-42-33-32-29(23-40)36-31(37-34(41)43-24-25-14-6-2-7-15-25)22-30(32)39(38-33)35(26-16-8-3-9-17-26,27-18-10-4-11-19-27)28-20-12-5-13-21-28/h2-22,40H,23-24H2,1H3,(H,36,37,41). The van der Waals surface area contributed by atoms with Crippen molar-refractivity contribution in [2.24, 2.45) is 0 Å². The molecule has 0 radical (unpaired) electrons. The molecule has 0 aliphatic carbocycles. The quantitative estimate of drug-likeness (QED) is 0.192. The molecule has 0 saturated heterocycles. The van der Waals surface area contributed by atoms with Gasteiger partial charge in [-0.25, -0.2) is 14.5 Å². The van der Waals surface area contributed by atoms with Crippen LogP contribution in [0.4, 0.5) is 10.6 Å². The van der Waals surface area contributed by atoms with Crippen molar-refractivity contribution >= 4 is 22.8 Å². The van der Waals surface area contributed by atoms with Crippen LogP contribution in [-0.4, -0.2) is 33.1 Å². The van der Waals surface area contributed by atoms with Gasteiger partial charge in [0.15, 0.2) is 0 Å². The summed E-state index contributed by atoms with van der Waals surface area (Å²) in [6, 6.07) is 41.4. The number of benzene rings is 4. The van der Waals surface area contributed by atoms with Crippen molar-refractivity contribution in [2.45, 2.75) is 18.8 Å². The lowest BCUT2D eigenvalue weighted by atomic mass is 9.77. The van der Waals surface area contributed by atoms with Crippen LogP contribution in [0.15, 0.2) is 127 Å². The molecule has 0 fully saturated rings. The number of ether oxygens (including phenoxy) is 2. The van der Waals surface area contributed by atoms with E-state index in [0.29, 0.717) is 22.5 Å². The Bertz CT molecular complexity index is 1730. The van der Waals surface area contributed by atoms with Gasteiger partial charge in [-0.2, -0.15) is 0 Å². The molecule has 43 heavy (non-hydrogen) atoms. The minimum atomic E-state index is -0.960. The van der Waals surface area contributed by atoms with Crippen molar-refractivity contribution in [3.63, 3.8) is 0 Å². The Morgan fingerprint density at radius 1 is 0.814 bits per heavy atom. The third kappa shape index (κ3) is 5.20. The molecule has 8 nitrogen and oxygen atoms in total. The molecule has 2 N–H and O–H groups in total. The zero-order valence-electron chi connectivity index (χ0n) is 23.6. The smallest absolute Gasteiger partial charge is 0.413 e. The molecule has 0 atom stereocenters. The molecule has 214 valence electrons. The first-order valence-electron chi connectivity index (χ1n) is 13.9. The predicted octanol–water partition coefficient (Wildman–Crippen LogP) is 6.52. The molecule has 0 bridgehead atoms. The summed E-state index contributed by atoms with van der Waals surface area (Å²) in [5.41, 5.74) is 3.68. The second-order valence-electron chi connectivity index (χ2n) is 9.92. The third-order valence-electron chi connectivity index (χ3n) is 7.38. The fourth-order valence-electron chi connectivity index (χ4n) is 5.52. The number of hydrogen-bond donors (Lipinski definition) is 2. The SMILES string of the molecule is COc1nn(C(c2ccccc2)(c2ccccc2)c2ccccc2)c2cc(NC(=O)OCc3ccccc3)nc(CO)c12. The van der Waals surface area contributed by atoms with Crippen molar-refractivity contribution in [3.05, 3.63) is 155 Å². The van der Waals surface area contributed by atoms with Gasteiger partial charge in [0, 0.05) is 6.07 Å². The fraction of sp³-hybridized carbons (Fsp3) is 0.114. The molecule has 0 unspecified atom stereocenters. The second-order valence-corrected chi connectivity index (χ2v) is 9.92. The van der Waals surface area contributed by atoms with Crippen LogP contribution in [0.1, 0.15) is 27.9 Å². The number of rotatable bonds is 9. The van der Waals surface area contributed by atoms with Gasteiger partial charge >= 0.3 is 6.09 Å². The maximum absolute atomic E-state index is 12.8. The summed E-state index contributed by atoms with van der Waals surface area (Å²) >= 11 is 0. The van der Waals surface area contributed by atoms with E-state index in [9.17, 15) is 9.90 Å². The highest BCUT2D eigenvalue weighted by atomic mass is 16.5. The predicted molar refractivity (Wildman–Crippen MR) is 165 cm³/mol. The maximum atomic E-state index is 12.8. The molecule has 8 heteroatoms. The molecule has 0 aliphatic rings. The van der Waals surface area contributed by atoms with Crippen LogP contribution in [0.3, 0.4) is 0 Å². The van der Waals surface area contributed by atoms with Gasteiger partial charge in [-0.1, -0.05) is 121 Å². The van der Waals surface area contributed by atoms with Crippen LogP contribution in [-0.2, 0) is 23.5 Å². The summed E-state index contributed by atoms with van der Waals surface area (Å²) in [5.74, 6) is 0.512. The van der Waals surface area contributed by atoms with E-state index in [1.54, 1.807) is 6.07 Å². The number of hydrogen-bond acceptors (Lipinski definition) is 6. The van der Waals surface area contributed by atoms with Crippen LogP contribution in [0.5, 0.6) is 5.88 Å². The number of anilines is 1. The van der Waals surface area contributed by atoms with Crippen molar-refractivity contribution in [2.75, 3.05) is 12.4 Å². The molecular weight excluding hydrogens is 540 g/mol. The Morgan fingerprint density at radius 3 is 1.81 bits per heavy atom. The van der Waals surface area contributed by atoms with E-state index >= 15 is 0 Å². The normalized spacial score (nSPS) is 11.3. The Labute approximate surface area is 249 Å². The monoisotopic (exact) mass is 570 g/mol. The lowest BCUT2D eigenvalue weighted by Gasteiger charge is -2.36. The lowest BCUT2D eigenvalue weighted by molar-refractivity contribution is 0.155. The Balaban J connectivity index is 1.57. The first kappa shape index (κ1) is 27.7. The first-order valence-corrected chi connectivity index (χ1v) is 13.9. The maximum Gasteiger partial charge on any atom is 0.413 e. The summed E-state index contributed by atoms with van der Waals surface area (Å²) < 4.78 is 13.1. The number of pyridine rings is 1. The van der Waals surface area contributed by atoms with Gasteiger partial charge < -0.3 is 14.6 Å². The van der Waals surface area contributed by atoms with E-state index in [0.717, 1.165) is 22.3 Å². The van der Waals surface area contributed by atoms with Gasteiger partial charge in [-0.05, 0) is 22.3 Å². The number of aliphatic hydroxyl groups excluding tert-OH is 1. The molecule has 0 saturated carbocycles. The Kier molecular flexibility index (Phi) is 7.84. The average molecular weight is 571 g/mol. The second kappa shape index (κ2) is 12.2. The highest BCUT2D eigenvalue weighted by molar-refractivity contribution is 5.92. The van der Waals surface area contributed by atoms with E-state index in [-0.39, 0.29) is 12.4 Å². The van der Waals surface area contributed by atoms with Gasteiger partial charge in [0.05, 0.1) is 30.3 Å². The Hall–Kier alpha value is -5.47. The van der Waals surface area contributed by atoms with Crippen molar-refractivity contribution in [3.8, 4) is 5.88 Å². The van der Waals surface area contributed by atoms with Crippen LogP contribution < -0.4 is 10.1 Å². The summed E-state index contributed by atoms with van der Waals surface area (Å²) in [5, 5.41) is 18.7. The summed E-state index contributed by atoms with van der Waals surface area (Å²) in [6.07, 6.45) is -0.668. The van der Waals surface area contributed by atoms with E-state index < -0.39 is 18.2 Å². The minimum absolute atomic E-state index is 0.104. The zero-order valence-corrected chi connectivity index (χ0v) is 23.6. The molecule has 1 amide bonds. The average Bonchev–Trinajstić information content (AvgIpc) is 3.44. The lowest BCUT2D eigenvalue weighted by Crippen LogP contribution is -2.38. The number of nitrogens with one attached hydrogen (secondary N) is 1. The highest BCUT2D eigenvalue weighted by Crippen LogP contribution is 2.44. The van der Waals surface area contributed by atoms with E-state index in [1.807, 2.05) is 89.6 Å². The molecule has 0 spiro atoms. The van der Waals surface area contributed by atoms with Gasteiger partial charge in [0.1, 0.15) is 18.0 Å². The van der Waals surface area contributed by atoms with Crippen LogP contribution >= 0.6 is 0 Å². The van der Waals surface area contributed by atoms with Gasteiger partial charge in [0.25, 0.3) is 0 Å². The van der Waals surface area contributed by atoms with Gasteiger partial charge in [-0.3, -0.25) is 5.32 Å². The summed E-state index contributed by atoms with van der Waals surface area (Å²) in [6.45, 7) is -0.297. The summed E-state index contributed by atoms with van der Waals surface area (Å²) in [7, 11) is 1.54. The number of methoxy groups -OCH3 is 1. The molecule has 6 rings (SSSR count). The van der Waals surface area contributed by atoms with E-state index in [4.69, 9.17) is 14.6 Å². The number of aromatic nitrogens is 3. The molecule has 0 aliphatic heterocycles. The van der Waals surface area contributed by atoms with E-state index in [1.165, 1.54) is 7.11 Å². The van der Waals surface area contributed by atoms with Crippen LogP contribution in [0.2, 0.25) is 0 Å². The molecule has 6 aromatic rings. The molecule has 2 heterocycles. The topological polar surface area (TPSA) is 98.5 Å². The Morgan fingerprint density at radius 2 is 1.33 bits per heavy atom. The molecular formula is C35H30N4O4. The number of nitrogens with zero attached hydrogens (tertiary/aromatic N) is 3. The molecule has 4 aromatic carbocycles. The van der Waals surface area contributed by atoms with Crippen LogP contribution in [0.25, 0.3) is 10.9 Å². The molecule has 2 aromatic heterocycles. The first-order chi connectivity index (χ1) is 21.1. The van der Waals surface area contributed by atoms with Gasteiger partial charge in [-0.15, -0.1) is 5.10 Å². The summed E-state index contributed by atoms with van der Waals surface area (Å²) in [4.78, 5) is 17.4. The van der Waals surface area contributed by atoms with Gasteiger partial charge in [0.2, 0.25) is 5.88 Å². The van der Waals surface area contributed by atoms with E-state index in [2.05, 4.69) is 46.7 Å². The minimum Gasteiger partial charge on any atom is -0.479 e. The zero-order chi connectivity index (χ0) is 29.6. The number of carbonyl (C=O) groups is 1. The van der Waals surface area contributed by atoms with Crippen molar-refractivity contribution in [1.29, 1.82) is 0 Å². The van der Waals surface area contributed by atoms with Crippen LogP contribution in [0, 0.1) is 0 Å². The largest absolute Gasteiger partial charge is 0.479 e. The number of amides is 1. The fourth-order valence-corrected chi connectivity index (χ4v) is 5.52. The van der Waals surface area contributed by atoms with Crippen molar-refractivity contribution < 1.29 is 19.4 Å². The number of aliphatic hydroxyl groups is 1. The highest BCUT2D eigenvalue weighted by Gasteiger charge is 2.41. The third-order valence-corrected chi connectivity index (χ3v) is 7.38. The number of fused-ring (bicyclic) bond motifs is 1. The van der Waals surface area contributed by atoms with Crippen molar-refractivity contribution in [1.82, 2.24) is 14.8 Å².